The molecule has 81 valence electrons. The van der Waals surface area contributed by atoms with E-state index in [1.54, 1.807) is 0 Å². The third kappa shape index (κ3) is 1.94. The summed E-state index contributed by atoms with van der Waals surface area (Å²) < 4.78 is 0. The molecule has 1 radical (unpaired) electrons. The fourth-order valence-electron chi connectivity index (χ4n) is 2.02. The van der Waals surface area contributed by atoms with Gasteiger partial charge in [-0.1, -0.05) is 66.2 Å². The van der Waals surface area contributed by atoms with Gasteiger partial charge in [-0.3, -0.25) is 0 Å². The van der Waals surface area contributed by atoms with Crippen LogP contribution in [0, 0.1) is 13.0 Å². The monoisotopic (exact) mass is 217 g/mol. The molecule has 0 amide bonds. The molecule has 0 atom stereocenters. The van der Waals surface area contributed by atoms with Crippen LogP contribution in [0.3, 0.4) is 0 Å². The second-order valence-electron chi connectivity index (χ2n) is 4.33. The fourth-order valence-corrected chi connectivity index (χ4v) is 2.02. The smallest absolute Gasteiger partial charge is 0.00143 e. The minimum absolute atomic E-state index is 1.16. The van der Waals surface area contributed by atoms with E-state index < -0.39 is 0 Å². The number of hydrogen-bond acceptors (Lipinski definition) is 0. The molecule has 17 heavy (non-hydrogen) atoms. The molecule has 0 saturated carbocycles. The molecule has 0 aliphatic heterocycles. The molecule has 3 aromatic rings. The first kappa shape index (κ1) is 10.1. The minimum Gasteiger partial charge on any atom is -0.0616 e. The van der Waals surface area contributed by atoms with Gasteiger partial charge >= 0.3 is 0 Å². The van der Waals surface area contributed by atoms with Crippen LogP contribution in [0.25, 0.3) is 21.9 Å². The lowest BCUT2D eigenvalue weighted by Gasteiger charge is -2.04. The standard InChI is InChI=1S/C17H13/c1-13-6-8-15(9-7-13)17-11-10-14-4-2-3-5-16(14)12-17/h2-11H,1H3. The van der Waals surface area contributed by atoms with Crippen molar-refractivity contribution in [1.29, 1.82) is 0 Å². The van der Waals surface area contributed by atoms with Gasteiger partial charge in [0.25, 0.3) is 0 Å². The zero-order chi connectivity index (χ0) is 11.7. The van der Waals surface area contributed by atoms with E-state index in [1.807, 2.05) is 0 Å². The third-order valence-electron chi connectivity index (χ3n) is 3.02. The first-order valence-corrected chi connectivity index (χ1v) is 5.81. The first-order chi connectivity index (χ1) is 8.33. The van der Waals surface area contributed by atoms with Gasteiger partial charge in [-0.15, -0.1) is 0 Å². The van der Waals surface area contributed by atoms with Gasteiger partial charge in [0.05, 0.1) is 0 Å². The Morgan fingerprint density at radius 3 is 2.35 bits per heavy atom. The summed E-state index contributed by atoms with van der Waals surface area (Å²) in [5.74, 6) is 0. The van der Waals surface area contributed by atoms with Crippen LogP contribution in [0.5, 0.6) is 0 Å². The second-order valence-corrected chi connectivity index (χ2v) is 4.33. The van der Waals surface area contributed by atoms with Gasteiger partial charge in [0.15, 0.2) is 0 Å². The maximum atomic E-state index is 3.46. The van der Waals surface area contributed by atoms with Crippen molar-refractivity contribution in [3.05, 3.63) is 72.3 Å². The number of hydrogen-bond donors (Lipinski definition) is 0. The van der Waals surface area contributed by atoms with Gasteiger partial charge in [-0.05, 0) is 34.9 Å². The highest BCUT2D eigenvalue weighted by molar-refractivity contribution is 5.86. The predicted octanol–water partition coefficient (Wildman–Crippen LogP) is 4.62. The Balaban J connectivity index is 2.14. The minimum atomic E-state index is 1.16. The molecule has 0 aliphatic rings. The van der Waals surface area contributed by atoms with Crippen molar-refractivity contribution in [1.82, 2.24) is 0 Å². The maximum absolute atomic E-state index is 3.46. The molecular weight excluding hydrogens is 204 g/mol. The zero-order valence-corrected chi connectivity index (χ0v) is 9.77. The van der Waals surface area contributed by atoms with E-state index in [4.69, 9.17) is 0 Å². The molecule has 3 rings (SSSR count). The van der Waals surface area contributed by atoms with E-state index in [0.29, 0.717) is 0 Å². The molecule has 3 aromatic carbocycles. The van der Waals surface area contributed by atoms with Gasteiger partial charge in [0.1, 0.15) is 0 Å². The second kappa shape index (κ2) is 4.06. The molecule has 0 heterocycles. The largest absolute Gasteiger partial charge is 0.0616 e. The molecule has 0 aliphatic carbocycles. The zero-order valence-electron chi connectivity index (χ0n) is 9.77. The number of aryl methyl sites for hydroxylation is 1. The molecule has 0 aromatic heterocycles. The van der Waals surface area contributed by atoms with Crippen molar-refractivity contribution in [3.63, 3.8) is 0 Å². The van der Waals surface area contributed by atoms with Gasteiger partial charge in [0.2, 0.25) is 0 Å². The summed E-state index contributed by atoms with van der Waals surface area (Å²) in [5, 5.41) is 2.41. The predicted molar refractivity (Wildman–Crippen MR) is 73.0 cm³/mol. The van der Waals surface area contributed by atoms with E-state index in [9.17, 15) is 0 Å². The Labute approximate surface area is 102 Å². The molecule has 0 N–H and O–H groups in total. The highest BCUT2D eigenvalue weighted by atomic mass is 14.0. The lowest BCUT2D eigenvalue weighted by atomic mass is 10.0. The average Bonchev–Trinajstić information content (AvgIpc) is 2.39. The normalized spacial score (nSPS) is 10.6. The Kier molecular flexibility index (Phi) is 2.41. The van der Waals surface area contributed by atoms with E-state index in [1.165, 1.54) is 21.9 Å². The van der Waals surface area contributed by atoms with Crippen LogP contribution in [0.2, 0.25) is 0 Å². The van der Waals surface area contributed by atoms with E-state index in [-0.39, 0.29) is 0 Å². The molecule has 0 fully saturated rings. The van der Waals surface area contributed by atoms with E-state index in [0.717, 1.165) is 5.56 Å². The van der Waals surface area contributed by atoms with E-state index >= 15 is 0 Å². The van der Waals surface area contributed by atoms with Crippen molar-refractivity contribution in [3.8, 4) is 11.1 Å². The molecule has 0 spiro atoms. The summed E-state index contributed by atoms with van der Waals surface area (Å²) >= 11 is 0. The van der Waals surface area contributed by atoms with Crippen molar-refractivity contribution < 1.29 is 0 Å². The van der Waals surface area contributed by atoms with Crippen LogP contribution in [-0.4, -0.2) is 0 Å². The van der Waals surface area contributed by atoms with Crippen molar-refractivity contribution in [2.45, 2.75) is 6.92 Å². The van der Waals surface area contributed by atoms with Crippen LogP contribution in [0.1, 0.15) is 5.56 Å². The Hall–Kier alpha value is -2.08. The van der Waals surface area contributed by atoms with Gasteiger partial charge in [-0.25, -0.2) is 0 Å². The van der Waals surface area contributed by atoms with Crippen LogP contribution < -0.4 is 0 Å². The SMILES string of the molecule is Cc1ccc(-c2[c]c3ccccc3cc2)cc1. The molecular formula is C17H13. The summed E-state index contributed by atoms with van der Waals surface area (Å²) in [7, 11) is 0. The molecule has 0 bridgehead atoms. The molecule has 0 heteroatoms. The highest BCUT2D eigenvalue weighted by Gasteiger charge is 1.99. The number of rotatable bonds is 1. The quantitative estimate of drug-likeness (QED) is 0.558. The van der Waals surface area contributed by atoms with Crippen LogP contribution >= 0.6 is 0 Å². The third-order valence-corrected chi connectivity index (χ3v) is 3.02. The fraction of sp³-hybridized carbons (Fsp3) is 0.0588. The summed E-state index contributed by atoms with van der Waals surface area (Å²) in [4.78, 5) is 0. The van der Waals surface area contributed by atoms with Crippen LogP contribution in [0.15, 0.2) is 60.7 Å². The van der Waals surface area contributed by atoms with Crippen molar-refractivity contribution in [2.75, 3.05) is 0 Å². The summed E-state index contributed by atoms with van der Waals surface area (Å²) in [6, 6.07) is 24.7. The summed E-state index contributed by atoms with van der Waals surface area (Å²) in [6.07, 6.45) is 0. The van der Waals surface area contributed by atoms with Crippen molar-refractivity contribution in [2.24, 2.45) is 0 Å². The highest BCUT2D eigenvalue weighted by Crippen LogP contribution is 2.23. The van der Waals surface area contributed by atoms with E-state index in [2.05, 4.69) is 73.7 Å². The Morgan fingerprint density at radius 2 is 1.53 bits per heavy atom. The number of benzene rings is 3. The first-order valence-electron chi connectivity index (χ1n) is 5.81. The van der Waals surface area contributed by atoms with Crippen LogP contribution in [-0.2, 0) is 0 Å². The maximum Gasteiger partial charge on any atom is -0.00143 e. The Morgan fingerprint density at radius 1 is 0.765 bits per heavy atom. The van der Waals surface area contributed by atoms with Crippen LogP contribution in [0.4, 0.5) is 0 Å². The summed E-state index contributed by atoms with van der Waals surface area (Å²) in [5.41, 5.74) is 3.67. The molecule has 0 nitrogen and oxygen atoms in total. The van der Waals surface area contributed by atoms with Crippen molar-refractivity contribution >= 4 is 10.8 Å². The molecule has 0 saturated heterocycles. The lowest BCUT2D eigenvalue weighted by Crippen LogP contribution is -1.80. The topological polar surface area (TPSA) is 0 Å². The Bertz CT molecular complexity index is 648. The van der Waals surface area contributed by atoms with Gasteiger partial charge in [-0.2, -0.15) is 0 Å². The molecule has 0 unspecified atom stereocenters. The van der Waals surface area contributed by atoms with Gasteiger partial charge < -0.3 is 0 Å². The summed E-state index contributed by atoms with van der Waals surface area (Å²) in [6.45, 7) is 2.11. The number of fused-ring (bicyclic) bond motifs is 1. The lowest BCUT2D eigenvalue weighted by molar-refractivity contribution is 1.47. The average molecular weight is 217 g/mol. The van der Waals surface area contributed by atoms with Gasteiger partial charge in [0, 0.05) is 0 Å².